The van der Waals surface area contributed by atoms with Crippen molar-refractivity contribution in [2.45, 2.75) is 19.4 Å². The zero-order chi connectivity index (χ0) is 9.68. The average molecular weight is 303 g/mol. The lowest BCUT2D eigenvalue weighted by Crippen LogP contribution is -1.97. The third-order valence-corrected chi connectivity index (χ3v) is 3.25. The number of rotatable bonds is 4. The van der Waals surface area contributed by atoms with Crippen LogP contribution in [0.3, 0.4) is 0 Å². The molecular weight excluding hydrogens is 291 g/mol. The lowest BCUT2D eigenvalue weighted by Gasteiger charge is -2.06. The third kappa shape index (κ3) is 3.68. The van der Waals surface area contributed by atoms with E-state index in [9.17, 15) is 0 Å². The maximum Gasteiger partial charge on any atom is 0.120 e. The molecular formula is C10H12IOSi. The van der Waals surface area contributed by atoms with E-state index in [1.165, 1.54) is 9.13 Å². The topological polar surface area (TPSA) is 9.23 Å². The van der Waals surface area contributed by atoms with Crippen molar-refractivity contribution in [3.63, 3.8) is 0 Å². The van der Waals surface area contributed by atoms with E-state index in [1.54, 1.807) is 0 Å². The second-order valence-electron chi connectivity index (χ2n) is 2.86. The molecule has 0 bridgehead atoms. The molecule has 3 heteroatoms. The Labute approximate surface area is 96.4 Å². The minimum atomic E-state index is 0.780. The molecule has 0 N–H and O–H groups in total. The van der Waals surface area contributed by atoms with Gasteiger partial charge in [-0.1, -0.05) is 12.1 Å². The standard InChI is InChI=1S/C10H12IOSi/c1-8-3-4-9(7-10(8)11)12-5-2-6-13/h3-4,7H,2,5-6H2,1H3. The first-order chi connectivity index (χ1) is 6.24. The second-order valence-corrected chi connectivity index (χ2v) is 4.53. The molecule has 0 atom stereocenters. The van der Waals surface area contributed by atoms with Crippen LogP contribution < -0.4 is 4.74 Å². The summed E-state index contributed by atoms with van der Waals surface area (Å²) in [5, 5.41) is 0. The molecule has 1 aromatic carbocycles. The number of halogens is 1. The monoisotopic (exact) mass is 303 g/mol. The fraction of sp³-hybridized carbons (Fsp3) is 0.400. The molecule has 0 aliphatic carbocycles. The number of aryl methyl sites for hydroxylation is 1. The fourth-order valence-electron chi connectivity index (χ4n) is 0.926. The van der Waals surface area contributed by atoms with Crippen LogP contribution in [0.4, 0.5) is 0 Å². The highest BCUT2D eigenvalue weighted by molar-refractivity contribution is 14.1. The Morgan fingerprint density at radius 1 is 1.46 bits per heavy atom. The molecule has 0 fully saturated rings. The highest BCUT2D eigenvalue weighted by Gasteiger charge is 1.97. The molecule has 0 aliphatic heterocycles. The minimum absolute atomic E-state index is 0.780. The smallest absolute Gasteiger partial charge is 0.120 e. The molecule has 0 aliphatic rings. The lowest BCUT2D eigenvalue weighted by atomic mass is 10.2. The fourth-order valence-corrected chi connectivity index (χ4v) is 1.56. The van der Waals surface area contributed by atoms with Crippen molar-refractivity contribution in [3.8, 4) is 5.75 Å². The van der Waals surface area contributed by atoms with Crippen molar-refractivity contribution in [2.24, 2.45) is 0 Å². The van der Waals surface area contributed by atoms with E-state index < -0.39 is 0 Å². The normalized spacial score (nSPS) is 10.1. The van der Waals surface area contributed by atoms with Gasteiger partial charge in [0.25, 0.3) is 0 Å². The van der Waals surface area contributed by atoms with E-state index in [1.807, 2.05) is 6.07 Å². The van der Waals surface area contributed by atoms with Gasteiger partial charge < -0.3 is 4.74 Å². The summed E-state index contributed by atoms with van der Waals surface area (Å²) in [5.41, 5.74) is 1.30. The number of benzene rings is 1. The van der Waals surface area contributed by atoms with E-state index in [0.29, 0.717) is 0 Å². The minimum Gasteiger partial charge on any atom is -0.494 e. The molecule has 0 spiro atoms. The molecule has 0 aromatic heterocycles. The second kappa shape index (κ2) is 5.65. The molecule has 1 aromatic rings. The quantitative estimate of drug-likeness (QED) is 0.472. The Balaban J connectivity index is 2.53. The molecule has 1 rings (SSSR count). The van der Waals surface area contributed by atoms with Crippen LogP contribution in [0.1, 0.15) is 12.0 Å². The summed E-state index contributed by atoms with van der Waals surface area (Å²) < 4.78 is 6.80. The Morgan fingerprint density at radius 2 is 2.23 bits per heavy atom. The first kappa shape index (κ1) is 11.0. The van der Waals surface area contributed by atoms with Gasteiger partial charge in [-0.05, 0) is 53.6 Å². The summed E-state index contributed by atoms with van der Waals surface area (Å²) in [6.45, 7) is 2.88. The van der Waals surface area contributed by atoms with Gasteiger partial charge in [0.15, 0.2) is 0 Å². The molecule has 1 nitrogen and oxygen atoms in total. The van der Waals surface area contributed by atoms with Crippen LogP contribution >= 0.6 is 22.6 Å². The number of hydrogen-bond acceptors (Lipinski definition) is 1. The number of hydrogen-bond donors (Lipinski definition) is 0. The number of ether oxygens (including phenoxy) is 1. The van der Waals surface area contributed by atoms with Crippen molar-refractivity contribution in [2.75, 3.05) is 6.61 Å². The molecule has 0 heterocycles. The predicted octanol–water partition coefficient (Wildman–Crippen LogP) is 2.96. The van der Waals surface area contributed by atoms with Gasteiger partial charge >= 0.3 is 0 Å². The van der Waals surface area contributed by atoms with Gasteiger partial charge in [-0.25, -0.2) is 0 Å². The molecule has 0 unspecified atom stereocenters. The summed E-state index contributed by atoms with van der Waals surface area (Å²) in [4.78, 5) is 0. The molecule has 0 saturated carbocycles. The molecule has 3 radical (unpaired) electrons. The Hall–Kier alpha value is -0.0331. The van der Waals surface area contributed by atoms with Crippen LogP contribution in [0.5, 0.6) is 5.75 Å². The van der Waals surface area contributed by atoms with Gasteiger partial charge in [0.2, 0.25) is 0 Å². The van der Waals surface area contributed by atoms with Crippen LogP contribution in [-0.4, -0.2) is 16.8 Å². The molecule has 13 heavy (non-hydrogen) atoms. The van der Waals surface area contributed by atoms with Crippen LogP contribution in [0.2, 0.25) is 6.04 Å². The summed E-state index contributed by atoms with van der Waals surface area (Å²) in [7, 11) is 3.41. The largest absolute Gasteiger partial charge is 0.494 e. The summed E-state index contributed by atoms with van der Waals surface area (Å²) >= 11 is 2.32. The summed E-state index contributed by atoms with van der Waals surface area (Å²) in [6, 6.07) is 7.17. The van der Waals surface area contributed by atoms with Crippen LogP contribution in [0, 0.1) is 10.5 Å². The first-order valence-electron chi connectivity index (χ1n) is 4.27. The Kier molecular flexibility index (Phi) is 4.80. The predicted molar refractivity (Wildman–Crippen MR) is 64.6 cm³/mol. The van der Waals surface area contributed by atoms with E-state index in [0.717, 1.165) is 24.8 Å². The molecule has 0 saturated heterocycles. The highest BCUT2D eigenvalue weighted by Crippen LogP contribution is 2.18. The maximum absolute atomic E-state index is 5.55. The molecule has 0 amide bonds. The van der Waals surface area contributed by atoms with Gasteiger partial charge in [0.05, 0.1) is 6.61 Å². The Morgan fingerprint density at radius 3 is 2.85 bits per heavy atom. The van der Waals surface area contributed by atoms with E-state index in [4.69, 9.17) is 4.74 Å². The summed E-state index contributed by atoms with van der Waals surface area (Å²) in [6.07, 6.45) is 1.04. The van der Waals surface area contributed by atoms with Gasteiger partial charge in [0, 0.05) is 13.8 Å². The van der Waals surface area contributed by atoms with Crippen LogP contribution in [0.25, 0.3) is 0 Å². The van der Waals surface area contributed by atoms with Gasteiger partial charge in [0.1, 0.15) is 5.75 Å². The zero-order valence-electron chi connectivity index (χ0n) is 7.64. The maximum atomic E-state index is 5.55. The first-order valence-corrected chi connectivity index (χ1v) is 6.06. The van der Waals surface area contributed by atoms with Gasteiger partial charge in [-0.3, -0.25) is 0 Å². The average Bonchev–Trinajstić information content (AvgIpc) is 2.12. The molecule has 69 valence electrons. The van der Waals surface area contributed by atoms with E-state index in [-0.39, 0.29) is 0 Å². The van der Waals surface area contributed by atoms with Crippen molar-refractivity contribution in [1.29, 1.82) is 0 Å². The van der Waals surface area contributed by atoms with E-state index >= 15 is 0 Å². The van der Waals surface area contributed by atoms with Gasteiger partial charge in [-0.15, -0.1) is 0 Å². The lowest BCUT2D eigenvalue weighted by molar-refractivity contribution is 0.317. The SMILES string of the molecule is Cc1ccc(OCCC[Si])cc1I. The van der Waals surface area contributed by atoms with Crippen molar-refractivity contribution in [3.05, 3.63) is 27.3 Å². The Bertz CT molecular complexity index is 276. The van der Waals surface area contributed by atoms with Crippen molar-refractivity contribution in [1.82, 2.24) is 0 Å². The van der Waals surface area contributed by atoms with Gasteiger partial charge in [-0.2, -0.15) is 0 Å². The highest BCUT2D eigenvalue weighted by atomic mass is 127. The van der Waals surface area contributed by atoms with Crippen molar-refractivity contribution < 1.29 is 4.74 Å². The van der Waals surface area contributed by atoms with E-state index in [2.05, 4.69) is 51.9 Å². The van der Waals surface area contributed by atoms with Crippen LogP contribution in [-0.2, 0) is 0 Å². The summed E-state index contributed by atoms with van der Waals surface area (Å²) in [5.74, 6) is 0.968. The zero-order valence-corrected chi connectivity index (χ0v) is 10.8. The van der Waals surface area contributed by atoms with Crippen LogP contribution in [0.15, 0.2) is 18.2 Å². The van der Waals surface area contributed by atoms with Crippen molar-refractivity contribution >= 4 is 32.8 Å². The third-order valence-electron chi connectivity index (χ3n) is 1.73.